The van der Waals surface area contributed by atoms with Crippen molar-refractivity contribution in [2.75, 3.05) is 0 Å². The summed E-state index contributed by atoms with van der Waals surface area (Å²) in [7, 11) is 0. The number of benzene rings is 8. The number of aromatic nitrogens is 2. The summed E-state index contributed by atoms with van der Waals surface area (Å²) in [5, 5.41) is 4.21. The second-order valence-corrected chi connectivity index (χ2v) is 17.3. The molecule has 0 bridgehead atoms. The van der Waals surface area contributed by atoms with Gasteiger partial charge in [-0.2, -0.15) is 13.2 Å². The molecule has 63 heavy (non-hydrogen) atoms. The van der Waals surface area contributed by atoms with Crippen LogP contribution in [0.3, 0.4) is 0 Å². The number of rotatable bonds is 5. The SMILES string of the molecule is [C-]#[N+]c1cc(-n2c3ccccc3c3cc(-c4c(C)cc(C)cc4C)ccc32)c(-n2c3ccccc3c3cc(-c4c(C)cc(C)cc4C)ccc32)cc1-c1cc(C)cc(C(F)(F)F)c1. The minimum Gasteiger partial charge on any atom is -0.308 e. The van der Waals surface area contributed by atoms with Crippen LogP contribution in [0.2, 0.25) is 0 Å². The van der Waals surface area contributed by atoms with Crippen molar-refractivity contribution in [1.82, 2.24) is 9.13 Å². The second-order valence-electron chi connectivity index (χ2n) is 17.3. The lowest BCUT2D eigenvalue weighted by molar-refractivity contribution is -0.137. The molecule has 0 fully saturated rings. The van der Waals surface area contributed by atoms with Gasteiger partial charge in [0.05, 0.1) is 45.6 Å². The molecule has 0 amide bonds. The van der Waals surface area contributed by atoms with Crippen molar-refractivity contribution in [3.05, 3.63) is 195 Å². The van der Waals surface area contributed by atoms with Crippen molar-refractivity contribution in [2.24, 2.45) is 0 Å². The highest BCUT2D eigenvalue weighted by Crippen LogP contribution is 2.46. The van der Waals surface area contributed by atoms with Crippen LogP contribution < -0.4 is 0 Å². The predicted octanol–water partition coefficient (Wildman–Crippen LogP) is 16.6. The van der Waals surface area contributed by atoms with Gasteiger partial charge < -0.3 is 9.13 Å². The maximum atomic E-state index is 14.4. The van der Waals surface area contributed by atoms with Crippen LogP contribution in [0, 0.1) is 55.0 Å². The molecule has 0 radical (unpaired) electrons. The van der Waals surface area contributed by atoms with Crippen LogP contribution in [0.4, 0.5) is 18.9 Å². The molecule has 2 aromatic heterocycles. The Hall–Kier alpha value is -7.36. The zero-order chi connectivity index (χ0) is 44.1. The van der Waals surface area contributed by atoms with Gasteiger partial charge in [0.2, 0.25) is 0 Å². The lowest BCUT2D eigenvalue weighted by Gasteiger charge is -2.20. The molecule has 308 valence electrons. The molecule has 0 spiro atoms. The molecule has 0 unspecified atom stereocenters. The summed E-state index contributed by atoms with van der Waals surface area (Å²) < 4.78 is 47.7. The Morgan fingerprint density at radius 3 is 1.32 bits per heavy atom. The van der Waals surface area contributed by atoms with Gasteiger partial charge in [0.1, 0.15) is 0 Å². The van der Waals surface area contributed by atoms with Crippen molar-refractivity contribution in [3.8, 4) is 44.8 Å². The summed E-state index contributed by atoms with van der Waals surface area (Å²) in [6.07, 6.45) is -4.56. The Labute approximate surface area is 365 Å². The van der Waals surface area contributed by atoms with Crippen molar-refractivity contribution >= 4 is 49.3 Å². The predicted molar refractivity (Wildman–Crippen MR) is 256 cm³/mol. The van der Waals surface area contributed by atoms with Crippen molar-refractivity contribution in [3.63, 3.8) is 0 Å². The van der Waals surface area contributed by atoms with E-state index in [0.29, 0.717) is 16.7 Å². The average Bonchev–Trinajstić information content (AvgIpc) is 3.74. The minimum absolute atomic E-state index is 0.259. The first-order valence-corrected chi connectivity index (χ1v) is 21.2. The second kappa shape index (κ2) is 14.6. The minimum atomic E-state index is -4.56. The third kappa shape index (κ3) is 6.50. The van der Waals surface area contributed by atoms with E-state index < -0.39 is 11.7 Å². The highest BCUT2D eigenvalue weighted by molar-refractivity contribution is 6.13. The van der Waals surface area contributed by atoms with Crippen LogP contribution in [0.25, 0.3) is 93.2 Å². The number of halogens is 3. The van der Waals surface area contributed by atoms with E-state index in [1.165, 1.54) is 50.6 Å². The summed E-state index contributed by atoms with van der Waals surface area (Å²) >= 11 is 0. The fourth-order valence-corrected chi connectivity index (χ4v) is 10.4. The smallest absolute Gasteiger partial charge is 0.308 e. The van der Waals surface area contributed by atoms with E-state index >= 15 is 0 Å². The highest BCUT2D eigenvalue weighted by atomic mass is 19.4. The van der Waals surface area contributed by atoms with Gasteiger partial charge in [0.15, 0.2) is 5.69 Å². The summed E-state index contributed by atoms with van der Waals surface area (Å²) in [5.41, 5.74) is 17.9. The number of aryl methyl sites for hydroxylation is 7. The number of hydrogen-bond donors (Lipinski definition) is 0. The van der Waals surface area contributed by atoms with Crippen molar-refractivity contribution < 1.29 is 13.2 Å². The van der Waals surface area contributed by atoms with Gasteiger partial charge >= 0.3 is 6.18 Å². The van der Waals surface area contributed by atoms with Crippen molar-refractivity contribution in [1.29, 1.82) is 0 Å². The summed E-state index contributed by atoms with van der Waals surface area (Å²) in [5.74, 6) is 0. The Kier molecular flexibility index (Phi) is 9.24. The van der Waals surface area contributed by atoms with E-state index in [4.69, 9.17) is 6.57 Å². The molecule has 2 heterocycles. The van der Waals surface area contributed by atoms with E-state index in [2.05, 4.69) is 140 Å². The van der Waals surface area contributed by atoms with E-state index in [1.54, 1.807) is 13.0 Å². The molecule has 6 heteroatoms. The standard InChI is InChI=1S/C57H44F3N3/c1-32-21-35(4)55(36(5)22-32)39-17-19-51-46(28-39)43-13-9-11-15-49(43)62(51)53-30-45(41-25-34(3)26-42(27-41)57(58,59)60)48(61-8)31-54(53)63-50-16-12-10-14-44(50)47-29-40(18-20-52(47)63)56-37(6)23-33(2)24-38(56)7/h9-31H,1-7H3. The molecule has 0 aliphatic heterocycles. The zero-order valence-electron chi connectivity index (χ0n) is 36.3. The van der Waals surface area contributed by atoms with Crippen LogP contribution >= 0.6 is 0 Å². The molecule has 0 atom stereocenters. The van der Waals surface area contributed by atoms with E-state index in [-0.39, 0.29) is 5.69 Å². The normalized spacial score (nSPS) is 12.0. The van der Waals surface area contributed by atoms with Gasteiger partial charge in [-0.1, -0.05) is 90.0 Å². The molecule has 0 N–H and O–H groups in total. The summed E-state index contributed by atoms with van der Waals surface area (Å²) in [4.78, 5) is 4.04. The van der Waals surface area contributed by atoms with Gasteiger partial charge in [-0.3, -0.25) is 0 Å². The van der Waals surface area contributed by atoms with Gasteiger partial charge in [0.25, 0.3) is 0 Å². The molecule has 10 rings (SSSR count). The molecule has 8 aromatic carbocycles. The van der Waals surface area contributed by atoms with Crippen LogP contribution in [0.5, 0.6) is 0 Å². The number of hydrogen-bond acceptors (Lipinski definition) is 0. The molecule has 0 saturated carbocycles. The van der Waals surface area contributed by atoms with Crippen LogP contribution in [0.15, 0.2) is 140 Å². The fraction of sp³-hybridized carbons (Fsp3) is 0.140. The largest absolute Gasteiger partial charge is 0.416 e. The molecule has 3 nitrogen and oxygen atoms in total. The Balaban J connectivity index is 1.32. The summed E-state index contributed by atoms with van der Waals surface area (Å²) in [6, 6.07) is 46.6. The zero-order valence-corrected chi connectivity index (χ0v) is 36.3. The number of nitrogens with zero attached hydrogens (tertiary/aromatic N) is 3. The average molecular weight is 828 g/mol. The molecular weight excluding hydrogens is 784 g/mol. The molecule has 0 aliphatic rings. The van der Waals surface area contributed by atoms with Crippen LogP contribution in [0.1, 0.15) is 44.5 Å². The maximum absolute atomic E-state index is 14.4. The van der Waals surface area contributed by atoms with E-state index in [1.807, 2.05) is 36.4 Å². The third-order valence-electron chi connectivity index (χ3n) is 12.7. The topological polar surface area (TPSA) is 14.2 Å². The van der Waals surface area contributed by atoms with Gasteiger partial charge in [-0.15, -0.1) is 0 Å². The third-order valence-corrected chi connectivity index (χ3v) is 12.7. The van der Waals surface area contributed by atoms with Crippen LogP contribution in [-0.4, -0.2) is 9.13 Å². The molecular formula is C57H44F3N3. The summed E-state index contributed by atoms with van der Waals surface area (Å²) in [6.45, 7) is 23.1. The quantitative estimate of drug-likeness (QED) is 0.154. The number of alkyl halides is 3. The molecule has 0 saturated heterocycles. The van der Waals surface area contributed by atoms with Gasteiger partial charge in [0, 0.05) is 21.5 Å². The first kappa shape index (κ1) is 39.8. The monoisotopic (exact) mass is 827 g/mol. The Bertz CT molecular complexity index is 3540. The fourth-order valence-electron chi connectivity index (χ4n) is 10.4. The lowest BCUT2D eigenvalue weighted by Crippen LogP contribution is -2.06. The number of para-hydroxylation sites is 2. The van der Waals surface area contributed by atoms with Gasteiger partial charge in [-0.05, 0) is 170 Å². The lowest BCUT2D eigenvalue weighted by atomic mass is 9.93. The first-order valence-electron chi connectivity index (χ1n) is 21.2. The Morgan fingerprint density at radius 1 is 0.429 bits per heavy atom. The number of fused-ring (bicyclic) bond motifs is 6. The van der Waals surface area contributed by atoms with Gasteiger partial charge in [-0.25, -0.2) is 4.85 Å². The Morgan fingerprint density at radius 2 is 0.857 bits per heavy atom. The highest BCUT2D eigenvalue weighted by Gasteiger charge is 2.32. The molecule has 0 aliphatic carbocycles. The van der Waals surface area contributed by atoms with E-state index in [9.17, 15) is 13.2 Å². The molecule has 10 aromatic rings. The first-order chi connectivity index (χ1) is 30.2. The van der Waals surface area contributed by atoms with E-state index in [0.717, 1.165) is 72.2 Å². The maximum Gasteiger partial charge on any atom is 0.416 e. The van der Waals surface area contributed by atoms with Crippen molar-refractivity contribution in [2.45, 2.75) is 54.6 Å². The van der Waals surface area contributed by atoms with Crippen LogP contribution in [-0.2, 0) is 6.18 Å².